The molecule has 0 bridgehead atoms. The summed E-state index contributed by atoms with van der Waals surface area (Å²) in [5, 5.41) is 8.25. The lowest BCUT2D eigenvalue weighted by Gasteiger charge is -2.15. The van der Waals surface area contributed by atoms with Crippen molar-refractivity contribution in [2.24, 2.45) is 0 Å². The Hall–Kier alpha value is -8.28. The molecule has 0 aliphatic rings. The van der Waals surface area contributed by atoms with E-state index in [0.717, 1.165) is 66.6 Å². The summed E-state index contributed by atoms with van der Waals surface area (Å²) in [4.78, 5) is 20.5. The molecule has 0 saturated carbocycles. The Morgan fingerprint density at radius 1 is 0.311 bits per heavy atom. The zero-order valence-corrected chi connectivity index (χ0v) is 32.9. The van der Waals surface area contributed by atoms with E-state index in [4.69, 9.17) is 19.9 Å². The van der Waals surface area contributed by atoms with Crippen LogP contribution >= 0.6 is 0 Å². The van der Waals surface area contributed by atoms with Crippen LogP contribution in [0.3, 0.4) is 0 Å². The molecule has 0 atom stereocenters. The highest BCUT2D eigenvalue weighted by atomic mass is 15.0. The Kier molecular flexibility index (Phi) is 8.10. The Balaban J connectivity index is 1.09. The van der Waals surface area contributed by atoms with E-state index >= 15 is 0 Å². The van der Waals surface area contributed by atoms with Crippen LogP contribution in [-0.4, -0.2) is 24.5 Å². The average molecular weight is 778 g/mol. The lowest BCUT2D eigenvalue weighted by Crippen LogP contribution is -2.00. The highest BCUT2D eigenvalue weighted by molar-refractivity contribution is 6.30. The van der Waals surface area contributed by atoms with Gasteiger partial charge in [0.15, 0.2) is 17.5 Å². The van der Waals surface area contributed by atoms with Gasteiger partial charge < -0.3 is 4.57 Å². The van der Waals surface area contributed by atoms with Gasteiger partial charge >= 0.3 is 0 Å². The van der Waals surface area contributed by atoms with Gasteiger partial charge in [0, 0.05) is 60.4 Å². The molecular weight excluding hydrogens is 743 g/mol. The maximum absolute atomic E-state index is 5.64. The third-order valence-corrected chi connectivity index (χ3v) is 11.8. The molecule has 12 aromatic rings. The van der Waals surface area contributed by atoms with Crippen LogP contribution < -0.4 is 0 Å². The van der Waals surface area contributed by atoms with E-state index in [1.807, 2.05) is 60.7 Å². The first-order valence-electron chi connectivity index (χ1n) is 20.6. The second-order valence-corrected chi connectivity index (χ2v) is 15.4. The van der Waals surface area contributed by atoms with Gasteiger partial charge in [0.1, 0.15) is 0 Å². The summed E-state index contributed by atoms with van der Waals surface area (Å²) in [6, 6.07) is 74.6. The minimum atomic E-state index is 0.622. The predicted octanol–water partition coefficient (Wildman–Crippen LogP) is 14.2. The zero-order valence-electron chi connectivity index (χ0n) is 32.9. The maximum atomic E-state index is 5.64. The average Bonchev–Trinajstić information content (AvgIpc) is 3.68. The second-order valence-electron chi connectivity index (χ2n) is 15.4. The molecule has 3 heterocycles. The van der Waals surface area contributed by atoms with E-state index in [1.165, 1.54) is 32.4 Å². The van der Waals surface area contributed by atoms with Gasteiger partial charge in [0.25, 0.3) is 0 Å². The zero-order chi connectivity index (χ0) is 40.3. The summed E-state index contributed by atoms with van der Waals surface area (Å²) in [6.45, 7) is 0. The molecule has 0 unspecified atom stereocenters. The first-order chi connectivity index (χ1) is 30.2. The number of aromatic nitrogens is 5. The molecule has 0 aliphatic carbocycles. The lowest BCUT2D eigenvalue weighted by atomic mass is 9.92. The van der Waals surface area contributed by atoms with Gasteiger partial charge in [-0.15, -0.1) is 0 Å². The van der Waals surface area contributed by atoms with E-state index in [-0.39, 0.29) is 0 Å². The van der Waals surface area contributed by atoms with Crippen molar-refractivity contribution in [1.29, 1.82) is 0 Å². The topological polar surface area (TPSA) is 56.5 Å². The summed E-state index contributed by atoms with van der Waals surface area (Å²) in [6.07, 6.45) is 0. The Morgan fingerprint density at radius 3 is 1.57 bits per heavy atom. The molecule has 0 fully saturated rings. The predicted molar refractivity (Wildman–Crippen MR) is 252 cm³/mol. The fourth-order valence-electron chi connectivity index (χ4n) is 8.96. The largest absolute Gasteiger partial charge is 0.309 e. The maximum Gasteiger partial charge on any atom is 0.164 e. The highest BCUT2D eigenvalue weighted by Gasteiger charge is 2.21. The number of hydrogen-bond acceptors (Lipinski definition) is 4. The van der Waals surface area contributed by atoms with Crippen LogP contribution in [-0.2, 0) is 0 Å². The quantitative estimate of drug-likeness (QED) is 0.158. The first kappa shape index (κ1) is 34.7. The van der Waals surface area contributed by atoms with Crippen molar-refractivity contribution in [3.05, 3.63) is 212 Å². The summed E-state index contributed by atoms with van der Waals surface area (Å²) in [5.74, 6) is 1.90. The molecule has 0 saturated heterocycles. The van der Waals surface area contributed by atoms with E-state index in [1.54, 1.807) is 0 Å². The Labute approximate surface area is 351 Å². The summed E-state index contributed by atoms with van der Waals surface area (Å²) < 4.78 is 2.39. The monoisotopic (exact) mass is 777 g/mol. The molecule has 0 amide bonds. The molecule has 3 aromatic heterocycles. The molecule has 5 heteroatoms. The van der Waals surface area contributed by atoms with Crippen LogP contribution in [0.25, 0.3) is 116 Å². The van der Waals surface area contributed by atoms with Crippen molar-refractivity contribution in [2.75, 3.05) is 0 Å². The molecular formula is C56H35N5. The molecule has 0 N–H and O–H groups in total. The molecule has 0 radical (unpaired) electrons. The van der Waals surface area contributed by atoms with Crippen molar-refractivity contribution < 1.29 is 0 Å². The fraction of sp³-hybridized carbons (Fsp3) is 0. The van der Waals surface area contributed by atoms with Gasteiger partial charge in [-0.1, -0.05) is 182 Å². The van der Waals surface area contributed by atoms with Crippen molar-refractivity contribution in [2.45, 2.75) is 0 Å². The summed E-state index contributed by atoms with van der Waals surface area (Å²) >= 11 is 0. The third-order valence-electron chi connectivity index (χ3n) is 11.8. The minimum absolute atomic E-state index is 0.622. The van der Waals surface area contributed by atoms with Crippen LogP contribution in [0.2, 0.25) is 0 Å². The van der Waals surface area contributed by atoms with Crippen LogP contribution in [0.4, 0.5) is 0 Å². The highest BCUT2D eigenvalue weighted by Crippen LogP contribution is 2.44. The van der Waals surface area contributed by atoms with Crippen molar-refractivity contribution in [1.82, 2.24) is 24.5 Å². The first-order valence-corrected chi connectivity index (χ1v) is 20.6. The van der Waals surface area contributed by atoms with Gasteiger partial charge in [-0.25, -0.2) is 19.9 Å². The molecule has 9 aromatic carbocycles. The van der Waals surface area contributed by atoms with E-state index < -0.39 is 0 Å². The van der Waals surface area contributed by atoms with E-state index in [9.17, 15) is 0 Å². The number of fused-ring (bicyclic) bond motifs is 8. The van der Waals surface area contributed by atoms with Crippen molar-refractivity contribution in [3.63, 3.8) is 0 Å². The van der Waals surface area contributed by atoms with Gasteiger partial charge in [0.05, 0.1) is 22.2 Å². The number of para-hydroxylation sites is 3. The minimum Gasteiger partial charge on any atom is -0.309 e. The van der Waals surface area contributed by atoms with E-state index in [0.29, 0.717) is 17.5 Å². The molecule has 284 valence electrons. The van der Waals surface area contributed by atoms with Crippen LogP contribution in [0.15, 0.2) is 212 Å². The fourth-order valence-corrected chi connectivity index (χ4v) is 8.96. The number of hydrogen-bond donors (Lipinski definition) is 0. The van der Waals surface area contributed by atoms with Gasteiger partial charge in [0.2, 0.25) is 0 Å². The number of rotatable bonds is 6. The van der Waals surface area contributed by atoms with Crippen LogP contribution in [0.5, 0.6) is 0 Å². The smallest absolute Gasteiger partial charge is 0.164 e. The Morgan fingerprint density at radius 2 is 0.869 bits per heavy atom. The molecule has 5 nitrogen and oxygen atoms in total. The summed E-state index contributed by atoms with van der Waals surface area (Å²) in [7, 11) is 0. The molecule has 0 aliphatic heterocycles. The lowest BCUT2D eigenvalue weighted by molar-refractivity contribution is 1.07. The molecule has 12 rings (SSSR count). The normalized spacial score (nSPS) is 11.6. The van der Waals surface area contributed by atoms with Crippen LogP contribution in [0, 0.1) is 0 Å². The van der Waals surface area contributed by atoms with Crippen LogP contribution in [0.1, 0.15) is 0 Å². The Bertz CT molecular complexity index is 3560. The molecule has 0 spiro atoms. The van der Waals surface area contributed by atoms with E-state index in [2.05, 4.69) is 156 Å². The van der Waals surface area contributed by atoms with Gasteiger partial charge in [-0.05, 0) is 46.7 Å². The SMILES string of the molecule is c1ccc(-c2nc(-c3ccccc3)nc(-c3ccc(-c4cccc5c4nc(-c4ccc6ccccc6c4)c4ccc6c(c7ccccc7n6-c6ccccc6)c45)cc3)n2)cc1. The number of benzene rings is 9. The van der Waals surface area contributed by atoms with Gasteiger partial charge in [-0.2, -0.15) is 0 Å². The number of pyridine rings is 1. The van der Waals surface area contributed by atoms with Crippen molar-refractivity contribution >= 4 is 54.3 Å². The summed E-state index contributed by atoms with van der Waals surface area (Å²) in [5.41, 5.74) is 11.4. The standard InChI is InChI=1S/C56H35N5/c1-4-16-38(17-5-1)54-58-55(39-18-6-2-7-19-39)60-56(59-54)40-30-28-37(29-31-40)44-24-14-25-46-50-47(52(57-53(44)46)42-32-27-36-15-10-11-20-41(36)35-42)33-34-49-51(50)45-23-12-13-26-48(45)61(49)43-21-8-3-9-22-43/h1-35H. The second kappa shape index (κ2) is 14.2. The van der Waals surface area contributed by atoms with Gasteiger partial charge in [-0.3, -0.25) is 0 Å². The molecule has 61 heavy (non-hydrogen) atoms. The number of nitrogens with zero attached hydrogens (tertiary/aromatic N) is 5. The third kappa shape index (κ3) is 5.86. The van der Waals surface area contributed by atoms with Crippen molar-refractivity contribution in [3.8, 4) is 62.2 Å².